The Morgan fingerprint density at radius 1 is 1.20 bits per heavy atom. The van der Waals surface area contributed by atoms with E-state index in [1.165, 1.54) is 0 Å². The zero-order valence-corrected chi connectivity index (χ0v) is 17.7. The van der Waals surface area contributed by atoms with Gasteiger partial charge in [-0.3, -0.25) is 0 Å². The van der Waals surface area contributed by atoms with Crippen molar-refractivity contribution in [3.8, 4) is 5.75 Å². The molecule has 2 N–H and O–H groups in total. The number of aliphatic hydroxyl groups excluding tert-OH is 1. The second kappa shape index (κ2) is 10.8. The molecule has 0 bridgehead atoms. The number of aliphatic hydroxyl groups is 1. The first-order valence-electron chi connectivity index (χ1n) is 10.4. The number of imidazole rings is 1. The van der Waals surface area contributed by atoms with Gasteiger partial charge in [0.2, 0.25) is 0 Å². The molecule has 5 heteroatoms. The van der Waals surface area contributed by atoms with Gasteiger partial charge in [-0.15, -0.1) is 6.58 Å². The first-order valence-corrected chi connectivity index (χ1v) is 10.4. The van der Waals surface area contributed by atoms with Crippen molar-refractivity contribution in [2.45, 2.75) is 51.6 Å². The number of nitrogens with one attached hydrogen (secondary N) is 1. The largest absolute Gasteiger partial charge is 0.489 e. The summed E-state index contributed by atoms with van der Waals surface area (Å²) in [6.07, 6.45) is 7.28. The molecule has 2 aromatic carbocycles. The van der Waals surface area contributed by atoms with E-state index in [4.69, 9.17) is 4.74 Å². The maximum absolute atomic E-state index is 11.0. The first-order chi connectivity index (χ1) is 14.6. The van der Waals surface area contributed by atoms with Gasteiger partial charge in [-0.1, -0.05) is 62.4 Å². The second-order valence-electron chi connectivity index (χ2n) is 7.76. The maximum atomic E-state index is 11.0. The fraction of sp³-hybridized carbons (Fsp3) is 0.320. The third kappa shape index (κ3) is 6.05. The van der Waals surface area contributed by atoms with Gasteiger partial charge in [0.25, 0.3) is 0 Å². The Morgan fingerprint density at radius 3 is 2.67 bits per heavy atom. The molecule has 2 atom stereocenters. The minimum atomic E-state index is -0.603. The number of hydrogen-bond acceptors (Lipinski definition) is 4. The number of rotatable bonds is 11. The van der Waals surface area contributed by atoms with Gasteiger partial charge in [-0.25, -0.2) is 4.98 Å². The van der Waals surface area contributed by atoms with Gasteiger partial charge in [0.05, 0.1) is 25.0 Å². The molecule has 1 heterocycles. The number of aromatic nitrogens is 2. The van der Waals surface area contributed by atoms with Crippen molar-refractivity contribution in [2.24, 2.45) is 0 Å². The zero-order chi connectivity index (χ0) is 21.3. The fourth-order valence-corrected chi connectivity index (χ4v) is 3.49. The van der Waals surface area contributed by atoms with Crippen molar-refractivity contribution < 1.29 is 9.84 Å². The van der Waals surface area contributed by atoms with Gasteiger partial charge in [-0.05, 0) is 29.2 Å². The van der Waals surface area contributed by atoms with E-state index >= 15 is 0 Å². The van der Waals surface area contributed by atoms with Crippen molar-refractivity contribution in [3.63, 3.8) is 0 Å². The topological polar surface area (TPSA) is 59.3 Å². The van der Waals surface area contributed by atoms with Crippen LogP contribution in [-0.4, -0.2) is 26.8 Å². The summed E-state index contributed by atoms with van der Waals surface area (Å²) in [6.45, 7) is 9.04. The van der Waals surface area contributed by atoms with Crippen LogP contribution in [0.1, 0.15) is 36.6 Å². The van der Waals surface area contributed by atoms with E-state index in [1.54, 1.807) is 12.5 Å². The predicted octanol–water partition coefficient (Wildman–Crippen LogP) is 4.29. The molecule has 2 unspecified atom stereocenters. The second-order valence-corrected chi connectivity index (χ2v) is 7.76. The van der Waals surface area contributed by atoms with Crippen LogP contribution >= 0.6 is 0 Å². The van der Waals surface area contributed by atoms with Crippen molar-refractivity contribution in [2.75, 3.05) is 0 Å². The Balaban J connectivity index is 1.81. The summed E-state index contributed by atoms with van der Waals surface area (Å²) >= 11 is 0. The number of nitrogens with zero attached hydrogens (tertiary/aromatic N) is 2. The number of hydrogen-bond donors (Lipinski definition) is 2. The van der Waals surface area contributed by atoms with Gasteiger partial charge < -0.3 is 19.7 Å². The quantitative estimate of drug-likeness (QED) is 0.467. The summed E-state index contributed by atoms with van der Waals surface area (Å²) in [6, 6.07) is 16.3. The highest BCUT2D eigenvalue weighted by Gasteiger charge is 2.23. The lowest BCUT2D eigenvalue weighted by Crippen LogP contribution is -2.38. The smallest absolute Gasteiger partial charge is 0.123 e. The molecule has 1 aromatic heterocycles. The van der Waals surface area contributed by atoms with Crippen LogP contribution < -0.4 is 10.1 Å². The molecule has 0 aliphatic carbocycles. The minimum absolute atomic E-state index is 0.209. The van der Waals surface area contributed by atoms with E-state index in [0.717, 1.165) is 22.4 Å². The third-order valence-electron chi connectivity index (χ3n) is 4.90. The molecule has 0 fully saturated rings. The number of allylic oxidation sites excluding steroid dienone is 1. The minimum Gasteiger partial charge on any atom is -0.489 e. The lowest BCUT2D eigenvalue weighted by atomic mass is 9.96. The Labute approximate surface area is 179 Å². The highest BCUT2D eigenvalue weighted by Crippen LogP contribution is 2.27. The van der Waals surface area contributed by atoms with E-state index in [-0.39, 0.29) is 12.1 Å². The Morgan fingerprint density at radius 2 is 2.00 bits per heavy atom. The number of benzene rings is 2. The summed E-state index contributed by atoms with van der Waals surface area (Å²) in [7, 11) is 0. The third-order valence-corrected chi connectivity index (χ3v) is 4.90. The average Bonchev–Trinajstić information content (AvgIpc) is 3.25. The van der Waals surface area contributed by atoms with Crippen LogP contribution in [0, 0.1) is 0 Å². The Hall–Kier alpha value is -2.89. The lowest BCUT2D eigenvalue weighted by Gasteiger charge is -2.28. The SMILES string of the molecule is C=CCc1cc(C(NC(C)C)C(O)Cn2ccnc2)ccc1OCc1ccccc1. The molecule has 158 valence electrons. The van der Waals surface area contributed by atoms with Crippen molar-refractivity contribution in [3.05, 3.63) is 96.6 Å². The molecule has 3 aromatic rings. The molecule has 0 amide bonds. The molecular weight excluding hydrogens is 374 g/mol. The van der Waals surface area contributed by atoms with E-state index in [2.05, 4.69) is 48.9 Å². The van der Waals surface area contributed by atoms with Gasteiger partial charge >= 0.3 is 0 Å². The van der Waals surface area contributed by atoms with Crippen LogP contribution in [0.5, 0.6) is 5.75 Å². The standard InChI is InChI=1S/C25H31N3O2/c1-4-8-21-15-22(11-12-24(21)30-17-20-9-6-5-7-10-20)25(27-19(2)3)23(29)16-28-14-13-26-18-28/h4-7,9-15,18-19,23,25,27,29H,1,8,16-17H2,2-3H3. The molecule has 0 aliphatic rings. The molecule has 5 nitrogen and oxygen atoms in total. The molecule has 0 spiro atoms. The Bertz CT molecular complexity index is 907. The molecule has 0 saturated carbocycles. The van der Waals surface area contributed by atoms with Crippen LogP contribution in [0.15, 0.2) is 79.9 Å². The van der Waals surface area contributed by atoms with Gasteiger partial charge in [0.15, 0.2) is 0 Å². The number of ether oxygens (including phenoxy) is 1. The highest BCUT2D eigenvalue weighted by atomic mass is 16.5. The lowest BCUT2D eigenvalue weighted by molar-refractivity contribution is 0.105. The van der Waals surface area contributed by atoms with Gasteiger partial charge in [-0.2, -0.15) is 0 Å². The molecule has 0 saturated heterocycles. The normalized spacial score (nSPS) is 13.2. The summed E-state index contributed by atoms with van der Waals surface area (Å²) < 4.78 is 7.98. The summed E-state index contributed by atoms with van der Waals surface area (Å²) in [5.41, 5.74) is 3.21. The summed E-state index contributed by atoms with van der Waals surface area (Å²) in [4.78, 5) is 4.07. The molecular formula is C25H31N3O2. The van der Waals surface area contributed by atoms with E-state index in [0.29, 0.717) is 19.6 Å². The Kier molecular flexibility index (Phi) is 7.82. The average molecular weight is 406 g/mol. The van der Waals surface area contributed by atoms with Crippen LogP contribution in [0.3, 0.4) is 0 Å². The van der Waals surface area contributed by atoms with Crippen LogP contribution in [0.25, 0.3) is 0 Å². The fourth-order valence-electron chi connectivity index (χ4n) is 3.49. The van der Waals surface area contributed by atoms with Crippen LogP contribution in [0.4, 0.5) is 0 Å². The van der Waals surface area contributed by atoms with Crippen LogP contribution in [0.2, 0.25) is 0 Å². The van der Waals surface area contributed by atoms with Gasteiger partial charge in [0, 0.05) is 18.4 Å². The summed E-state index contributed by atoms with van der Waals surface area (Å²) in [5.74, 6) is 0.842. The van der Waals surface area contributed by atoms with E-state index in [1.807, 2.05) is 47.2 Å². The van der Waals surface area contributed by atoms with E-state index in [9.17, 15) is 5.11 Å². The van der Waals surface area contributed by atoms with Crippen LogP contribution in [-0.2, 0) is 19.6 Å². The maximum Gasteiger partial charge on any atom is 0.123 e. The van der Waals surface area contributed by atoms with Crippen molar-refractivity contribution in [1.82, 2.24) is 14.9 Å². The zero-order valence-electron chi connectivity index (χ0n) is 17.7. The molecule has 0 radical (unpaired) electrons. The van der Waals surface area contributed by atoms with Gasteiger partial charge in [0.1, 0.15) is 12.4 Å². The molecule has 30 heavy (non-hydrogen) atoms. The molecule has 3 rings (SSSR count). The highest BCUT2D eigenvalue weighted by molar-refractivity contribution is 5.40. The van der Waals surface area contributed by atoms with Crippen molar-refractivity contribution in [1.29, 1.82) is 0 Å². The summed E-state index contributed by atoms with van der Waals surface area (Å²) in [5, 5.41) is 14.5. The first kappa shape index (κ1) is 21.8. The predicted molar refractivity (Wildman–Crippen MR) is 120 cm³/mol. The van der Waals surface area contributed by atoms with Crippen molar-refractivity contribution >= 4 is 0 Å². The monoisotopic (exact) mass is 405 g/mol. The molecule has 0 aliphatic heterocycles. The van der Waals surface area contributed by atoms with E-state index < -0.39 is 6.10 Å².